The summed E-state index contributed by atoms with van der Waals surface area (Å²) >= 11 is 1.38. The van der Waals surface area contributed by atoms with Crippen molar-refractivity contribution in [2.75, 3.05) is 0 Å². The van der Waals surface area contributed by atoms with Gasteiger partial charge >= 0.3 is 0 Å². The molecular formula is C21H16N4O5S. The van der Waals surface area contributed by atoms with Gasteiger partial charge in [0.25, 0.3) is 17.5 Å². The van der Waals surface area contributed by atoms with Gasteiger partial charge in [-0.2, -0.15) is 5.10 Å². The van der Waals surface area contributed by atoms with Crippen molar-refractivity contribution in [1.82, 2.24) is 10.7 Å². The Morgan fingerprint density at radius 2 is 1.87 bits per heavy atom. The van der Waals surface area contributed by atoms with Crippen molar-refractivity contribution in [1.29, 1.82) is 0 Å². The van der Waals surface area contributed by atoms with Crippen LogP contribution < -0.4 is 10.7 Å². The van der Waals surface area contributed by atoms with Crippen LogP contribution in [0.4, 0.5) is 5.69 Å². The number of nitro groups is 1. The van der Waals surface area contributed by atoms with Gasteiger partial charge in [-0.25, -0.2) is 5.43 Å². The number of hydrogen-bond acceptors (Lipinski definition) is 7. The molecule has 10 heteroatoms. The van der Waals surface area contributed by atoms with Crippen LogP contribution in [0.25, 0.3) is 6.08 Å². The Hall–Kier alpha value is -4.31. The fourth-order valence-electron chi connectivity index (χ4n) is 2.44. The quantitative estimate of drug-likeness (QED) is 0.226. The van der Waals surface area contributed by atoms with Gasteiger partial charge in [-0.3, -0.25) is 19.7 Å². The van der Waals surface area contributed by atoms with E-state index >= 15 is 0 Å². The molecule has 0 saturated heterocycles. The van der Waals surface area contributed by atoms with Gasteiger partial charge in [0.05, 0.1) is 11.1 Å². The molecule has 0 bridgehead atoms. The summed E-state index contributed by atoms with van der Waals surface area (Å²) in [5, 5.41) is 28.8. The molecule has 0 radical (unpaired) electrons. The standard InChI is InChI=1S/C21H16N4O5S/c26-19-9-8-16(25(29)30)11-15(19)13-22-24-21(28)18(12-17-7-4-10-31-17)23-20(27)14-5-2-1-3-6-14/h1-13,26H,(H,23,27)(H,24,28). The lowest BCUT2D eigenvalue weighted by atomic mass is 10.2. The van der Waals surface area contributed by atoms with Crippen LogP contribution in [0.2, 0.25) is 0 Å². The zero-order valence-corrected chi connectivity index (χ0v) is 16.7. The first-order chi connectivity index (χ1) is 14.9. The maximum Gasteiger partial charge on any atom is 0.287 e. The van der Waals surface area contributed by atoms with Gasteiger partial charge < -0.3 is 10.4 Å². The van der Waals surface area contributed by atoms with Crippen LogP contribution in [0.1, 0.15) is 20.8 Å². The molecule has 2 amide bonds. The highest BCUT2D eigenvalue weighted by atomic mass is 32.1. The lowest BCUT2D eigenvalue weighted by Gasteiger charge is -2.08. The lowest BCUT2D eigenvalue weighted by Crippen LogP contribution is -2.32. The number of phenols is 1. The number of benzene rings is 2. The van der Waals surface area contributed by atoms with Gasteiger partial charge in [-0.05, 0) is 35.7 Å². The number of rotatable bonds is 7. The monoisotopic (exact) mass is 436 g/mol. The van der Waals surface area contributed by atoms with Crippen molar-refractivity contribution in [2.45, 2.75) is 0 Å². The van der Waals surface area contributed by atoms with Crippen LogP contribution in [0.15, 0.2) is 76.8 Å². The Kier molecular flexibility index (Phi) is 6.86. The third kappa shape index (κ3) is 5.84. The van der Waals surface area contributed by atoms with E-state index in [0.29, 0.717) is 5.56 Å². The molecule has 0 aliphatic rings. The maximum absolute atomic E-state index is 12.6. The fourth-order valence-corrected chi connectivity index (χ4v) is 3.09. The topological polar surface area (TPSA) is 134 Å². The molecule has 1 heterocycles. The van der Waals surface area contributed by atoms with E-state index in [4.69, 9.17) is 0 Å². The van der Waals surface area contributed by atoms with E-state index in [1.165, 1.54) is 17.4 Å². The van der Waals surface area contributed by atoms with Crippen LogP contribution in [-0.2, 0) is 4.79 Å². The molecular weight excluding hydrogens is 420 g/mol. The number of amides is 2. The number of phenolic OH excluding ortho intramolecular Hbond substituents is 1. The fraction of sp³-hybridized carbons (Fsp3) is 0. The zero-order valence-electron chi connectivity index (χ0n) is 15.9. The van der Waals surface area contributed by atoms with Gasteiger partial charge in [-0.1, -0.05) is 24.3 Å². The highest BCUT2D eigenvalue weighted by Gasteiger charge is 2.15. The zero-order chi connectivity index (χ0) is 22.2. The van der Waals surface area contributed by atoms with Crippen molar-refractivity contribution in [3.05, 3.63) is 97.9 Å². The normalized spacial score (nSPS) is 11.3. The Balaban J connectivity index is 1.78. The Morgan fingerprint density at radius 1 is 1.10 bits per heavy atom. The molecule has 0 spiro atoms. The van der Waals surface area contributed by atoms with E-state index in [9.17, 15) is 24.8 Å². The molecule has 3 rings (SSSR count). The predicted molar refractivity (Wildman–Crippen MR) is 117 cm³/mol. The minimum absolute atomic E-state index is 0.0447. The van der Waals surface area contributed by atoms with Crippen LogP contribution in [0, 0.1) is 10.1 Å². The van der Waals surface area contributed by atoms with E-state index in [1.54, 1.807) is 42.5 Å². The molecule has 3 aromatic rings. The molecule has 9 nitrogen and oxygen atoms in total. The average molecular weight is 436 g/mol. The number of aromatic hydroxyl groups is 1. The average Bonchev–Trinajstić information content (AvgIpc) is 3.28. The summed E-state index contributed by atoms with van der Waals surface area (Å²) in [6.07, 6.45) is 2.57. The SMILES string of the molecule is O=C(NN=Cc1cc([N+](=O)[O-])ccc1O)C(=Cc1cccs1)NC(=O)c1ccccc1. The summed E-state index contributed by atoms with van der Waals surface area (Å²) in [4.78, 5) is 36.1. The first-order valence-corrected chi connectivity index (χ1v) is 9.74. The molecule has 0 fully saturated rings. The molecule has 3 N–H and O–H groups in total. The largest absolute Gasteiger partial charge is 0.507 e. The second-order valence-electron chi connectivity index (χ2n) is 6.09. The second kappa shape index (κ2) is 9.94. The number of carbonyl (C=O) groups is 2. The van der Waals surface area contributed by atoms with Crippen LogP contribution >= 0.6 is 11.3 Å². The minimum Gasteiger partial charge on any atom is -0.507 e. The number of nitrogens with zero attached hydrogens (tertiary/aromatic N) is 2. The van der Waals surface area contributed by atoms with Crippen LogP contribution in [0.5, 0.6) is 5.75 Å². The van der Waals surface area contributed by atoms with E-state index in [-0.39, 0.29) is 22.7 Å². The summed E-state index contributed by atoms with van der Waals surface area (Å²) < 4.78 is 0. The molecule has 0 aliphatic carbocycles. The lowest BCUT2D eigenvalue weighted by molar-refractivity contribution is -0.384. The van der Waals surface area contributed by atoms with Crippen molar-refractivity contribution in [2.24, 2.45) is 5.10 Å². The van der Waals surface area contributed by atoms with Gasteiger partial charge in [0.2, 0.25) is 0 Å². The van der Waals surface area contributed by atoms with Gasteiger partial charge in [-0.15, -0.1) is 11.3 Å². The smallest absolute Gasteiger partial charge is 0.287 e. The van der Waals surface area contributed by atoms with E-state index in [2.05, 4.69) is 15.8 Å². The number of nitrogens with one attached hydrogen (secondary N) is 2. The first-order valence-electron chi connectivity index (χ1n) is 8.86. The summed E-state index contributed by atoms with van der Waals surface area (Å²) in [5.74, 6) is -1.42. The predicted octanol–water partition coefficient (Wildman–Crippen LogP) is 3.28. The van der Waals surface area contributed by atoms with Crippen molar-refractivity contribution >= 4 is 41.1 Å². The highest BCUT2D eigenvalue weighted by Crippen LogP contribution is 2.21. The molecule has 0 saturated carbocycles. The molecule has 31 heavy (non-hydrogen) atoms. The molecule has 2 aromatic carbocycles. The molecule has 1 aromatic heterocycles. The Morgan fingerprint density at radius 3 is 2.55 bits per heavy atom. The molecule has 156 valence electrons. The van der Waals surface area contributed by atoms with Crippen LogP contribution in [-0.4, -0.2) is 28.1 Å². The van der Waals surface area contributed by atoms with E-state index in [0.717, 1.165) is 29.3 Å². The Bertz CT molecular complexity index is 1160. The van der Waals surface area contributed by atoms with Gasteiger partial charge in [0, 0.05) is 28.1 Å². The molecule has 0 unspecified atom stereocenters. The molecule has 0 aliphatic heterocycles. The van der Waals surface area contributed by atoms with Gasteiger partial charge in [0.1, 0.15) is 11.4 Å². The minimum atomic E-state index is -0.709. The summed E-state index contributed by atoms with van der Waals surface area (Å²) in [6.45, 7) is 0. The van der Waals surface area contributed by atoms with Crippen molar-refractivity contribution in [3.63, 3.8) is 0 Å². The number of carbonyl (C=O) groups excluding carboxylic acids is 2. The highest BCUT2D eigenvalue weighted by molar-refractivity contribution is 7.10. The summed E-state index contributed by atoms with van der Waals surface area (Å²) in [6, 6.07) is 15.4. The molecule has 0 atom stereocenters. The summed E-state index contributed by atoms with van der Waals surface area (Å²) in [5.41, 5.74) is 2.39. The third-order valence-electron chi connectivity index (χ3n) is 3.95. The second-order valence-corrected chi connectivity index (χ2v) is 7.07. The number of nitro benzene ring substituents is 1. The number of thiophene rings is 1. The number of non-ortho nitro benzene ring substituents is 1. The van der Waals surface area contributed by atoms with E-state index < -0.39 is 16.7 Å². The first kappa shape index (κ1) is 21.4. The van der Waals surface area contributed by atoms with Crippen molar-refractivity contribution in [3.8, 4) is 5.75 Å². The van der Waals surface area contributed by atoms with Gasteiger partial charge in [0.15, 0.2) is 0 Å². The number of hydrazone groups is 1. The van der Waals surface area contributed by atoms with E-state index in [1.807, 2.05) is 5.38 Å². The third-order valence-corrected chi connectivity index (χ3v) is 4.77. The summed E-state index contributed by atoms with van der Waals surface area (Å²) in [7, 11) is 0. The van der Waals surface area contributed by atoms with Crippen LogP contribution in [0.3, 0.4) is 0 Å². The van der Waals surface area contributed by atoms with Crippen molar-refractivity contribution < 1.29 is 19.6 Å². The number of hydrogen-bond donors (Lipinski definition) is 3. The maximum atomic E-state index is 12.6. The Labute approximate surface area is 180 Å².